The Morgan fingerprint density at radius 1 is 0.920 bits per heavy atom. The molecule has 2 bridgehead atoms. The van der Waals surface area contributed by atoms with Crippen molar-refractivity contribution in [1.29, 1.82) is 0 Å². The first-order chi connectivity index (χ1) is 12.1. The summed E-state index contributed by atoms with van der Waals surface area (Å²) in [6, 6.07) is -0.0650. The molecule has 0 aromatic rings. The maximum atomic E-state index is 12.7. The van der Waals surface area contributed by atoms with Crippen LogP contribution in [0.25, 0.3) is 0 Å². The molecule has 6 nitrogen and oxygen atoms in total. The van der Waals surface area contributed by atoms with E-state index < -0.39 is 0 Å². The molecule has 1 heterocycles. The molecule has 4 atom stereocenters. The number of carbonyl (C=O) groups excluding carboxylic acids is 3. The molecule has 4 fully saturated rings. The molecule has 2 amide bonds. The van der Waals surface area contributed by atoms with E-state index in [0.29, 0.717) is 24.9 Å². The summed E-state index contributed by atoms with van der Waals surface area (Å²) in [5, 5.41) is 3.18. The van der Waals surface area contributed by atoms with Gasteiger partial charge in [0.2, 0.25) is 11.8 Å². The van der Waals surface area contributed by atoms with Crippen LogP contribution in [-0.4, -0.2) is 48.9 Å². The summed E-state index contributed by atoms with van der Waals surface area (Å²) < 4.78 is 4.98. The fraction of sp³-hybridized carbons (Fsp3) is 0.842. The van der Waals surface area contributed by atoms with Crippen LogP contribution in [0, 0.1) is 29.6 Å². The molecular weight excluding hydrogens is 320 g/mol. The van der Waals surface area contributed by atoms with Gasteiger partial charge in [0.15, 0.2) is 0 Å². The zero-order valence-corrected chi connectivity index (χ0v) is 14.9. The predicted molar refractivity (Wildman–Crippen MR) is 90.3 cm³/mol. The number of esters is 1. The Morgan fingerprint density at radius 3 is 2.24 bits per heavy atom. The standard InChI is InChI=1S/C19H28N2O4/c1-25-19(24)15-13-4-5-14(10-13)16(15)20-17(22)11-6-8-21(9-7-11)18(23)12-2-3-12/h11-16H,2-10H2,1H3,(H,20,22)/t13-,14-,15-,16-/m0/s1. The lowest BCUT2D eigenvalue weighted by molar-refractivity contribution is -0.149. The third-order valence-corrected chi connectivity index (χ3v) is 6.80. The van der Waals surface area contributed by atoms with E-state index in [1.54, 1.807) is 0 Å². The van der Waals surface area contributed by atoms with Gasteiger partial charge in [-0.1, -0.05) is 0 Å². The monoisotopic (exact) mass is 348 g/mol. The lowest BCUT2D eigenvalue weighted by Gasteiger charge is -2.34. The minimum Gasteiger partial charge on any atom is -0.469 e. The molecule has 1 N–H and O–H groups in total. The molecule has 3 aliphatic carbocycles. The highest BCUT2D eigenvalue weighted by Gasteiger charge is 2.52. The summed E-state index contributed by atoms with van der Waals surface area (Å²) in [7, 11) is 1.43. The third kappa shape index (κ3) is 3.15. The highest BCUT2D eigenvalue weighted by molar-refractivity contribution is 5.83. The van der Waals surface area contributed by atoms with Gasteiger partial charge in [-0.15, -0.1) is 0 Å². The van der Waals surface area contributed by atoms with Gasteiger partial charge in [-0.3, -0.25) is 14.4 Å². The van der Waals surface area contributed by atoms with Crippen LogP contribution in [-0.2, 0) is 19.1 Å². The molecule has 1 aliphatic heterocycles. The second kappa shape index (κ2) is 6.61. The second-order valence-electron chi connectivity index (χ2n) is 8.29. The van der Waals surface area contributed by atoms with Gasteiger partial charge >= 0.3 is 5.97 Å². The zero-order chi connectivity index (χ0) is 17.6. The van der Waals surface area contributed by atoms with Gasteiger partial charge in [0.25, 0.3) is 0 Å². The van der Waals surface area contributed by atoms with E-state index in [9.17, 15) is 14.4 Å². The lowest BCUT2D eigenvalue weighted by Crippen LogP contribution is -2.50. The van der Waals surface area contributed by atoms with Crippen LogP contribution in [0.5, 0.6) is 0 Å². The Labute approximate surface area is 148 Å². The molecule has 4 aliphatic rings. The first kappa shape index (κ1) is 16.9. The number of fused-ring (bicyclic) bond motifs is 2. The minimum absolute atomic E-state index is 0.0410. The second-order valence-corrected chi connectivity index (χ2v) is 8.29. The van der Waals surface area contributed by atoms with Crippen molar-refractivity contribution in [2.24, 2.45) is 29.6 Å². The van der Waals surface area contributed by atoms with E-state index in [0.717, 1.165) is 44.9 Å². The zero-order valence-electron chi connectivity index (χ0n) is 14.9. The molecule has 1 saturated heterocycles. The van der Waals surface area contributed by atoms with E-state index in [1.807, 2.05) is 4.90 Å². The maximum Gasteiger partial charge on any atom is 0.311 e. The van der Waals surface area contributed by atoms with Gasteiger partial charge in [0, 0.05) is 31.0 Å². The van der Waals surface area contributed by atoms with Gasteiger partial charge in [0.1, 0.15) is 0 Å². The Bertz CT molecular complexity index is 566. The van der Waals surface area contributed by atoms with Crippen molar-refractivity contribution in [2.75, 3.05) is 20.2 Å². The summed E-state index contributed by atoms with van der Waals surface area (Å²) in [6.07, 6.45) is 6.70. The Hall–Kier alpha value is -1.59. The quantitative estimate of drug-likeness (QED) is 0.778. The summed E-state index contributed by atoms with van der Waals surface area (Å²) in [6.45, 7) is 1.37. The van der Waals surface area contributed by atoms with E-state index >= 15 is 0 Å². The van der Waals surface area contributed by atoms with Crippen molar-refractivity contribution in [3.8, 4) is 0 Å². The number of nitrogens with one attached hydrogen (secondary N) is 1. The average molecular weight is 348 g/mol. The van der Waals surface area contributed by atoms with Gasteiger partial charge in [-0.25, -0.2) is 0 Å². The number of ether oxygens (including phenoxy) is 1. The van der Waals surface area contributed by atoms with Gasteiger partial charge in [-0.2, -0.15) is 0 Å². The summed E-state index contributed by atoms with van der Waals surface area (Å²) in [5.74, 6) is 0.963. The van der Waals surface area contributed by atoms with Crippen molar-refractivity contribution < 1.29 is 19.1 Å². The van der Waals surface area contributed by atoms with Crippen molar-refractivity contribution >= 4 is 17.8 Å². The van der Waals surface area contributed by atoms with Gasteiger partial charge < -0.3 is 15.0 Å². The van der Waals surface area contributed by atoms with Crippen molar-refractivity contribution in [2.45, 2.75) is 51.0 Å². The van der Waals surface area contributed by atoms with Crippen molar-refractivity contribution in [1.82, 2.24) is 10.2 Å². The van der Waals surface area contributed by atoms with E-state index in [-0.39, 0.29) is 41.6 Å². The molecule has 0 aromatic carbocycles. The molecule has 0 aromatic heterocycles. The summed E-state index contributed by atoms with van der Waals surface area (Å²) in [4.78, 5) is 38.9. The fourth-order valence-corrected chi connectivity index (χ4v) is 5.21. The largest absolute Gasteiger partial charge is 0.469 e. The first-order valence-corrected chi connectivity index (χ1v) is 9.75. The van der Waals surface area contributed by atoms with E-state index in [1.165, 1.54) is 7.11 Å². The molecule has 25 heavy (non-hydrogen) atoms. The Morgan fingerprint density at radius 2 is 1.60 bits per heavy atom. The SMILES string of the molecule is COC(=O)[C@H]1[C@H]2CC[C@@H](C2)[C@@H]1NC(=O)C1CCN(C(=O)C2CC2)CC1. The Kier molecular flexibility index (Phi) is 4.46. The maximum absolute atomic E-state index is 12.7. The number of likely N-dealkylation sites (tertiary alicyclic amines) is 1. The molecule has 0 radical (unpaired) electrons. The van der Waals surface area contributed by atoms with E-state index in [2.05, 4.69) is 5.32 Å². The summed E-state index contributed by atoms with van der Waals surface area (Å²) >= 11 is 0. The molecular formula is C19H28N2O4. The van der Waals surface area contributed by atoms with Crippen LogP contribution in [0.15, 0.2) is 0 Å². The van der Waals surface area contributed by atoms with Crippen LogP contribution >= 0.6 is 0 Å². The van der Waals surface area contributed by atoms with Gasteiger partial charge in [0.05, 0.1) is 13.0 Å². The van der Waals surface area contributed by atoms with Crippen LogP contribution in [0.4, 0.5) is 0 Å². The smallest absolute Gasteiger partial charge is 0.311 e. The average Bonchev–Trinajstić information content (AvgIpc) is 3.30. The minimum atomic E-state index is -0.178. The lowest BCUT2D eigenvalue weighted by atomic mass is 9.83. The molecule has 6 heteroatoms. The van der Waals surface area contributed by atoms with Crippen LogP contribution in [0.2, 0.25) is 0 Å². The molecule has 4 rings (SSSR count). The number of rotatable bonds is 4. The number of hydrogen-bond donors (Lipinski definition) is 1. The number of methoxy groups -OCH3 is 1. The first-order valence-electron chi connectivity index (χ1n) is 9.75. The molecule has 138 valence electrons. The fourth-order valence-electron chi connectivity index (χ4n) is 5.21. The van der Waals surface area contributed by atoms with E-state index in [4.69, 9.17) is 4.74 Å². The number of nitrogens with zero attached hydrogens (tertiary/aromatic N) is 1. The molecule has 0 unspecified atom stereocenters. The van der Waals surface area contributed by atoms with Crippen LogP contribution in [0.3, 0.4) is 0 Å². The highest BCUT2D eigenvalue weighted by Crippen LogP contribution is 2.49. The summed E-state index contributed by atoms with van der Waals surface area (Å²) in [5.41, 5.74) is 0. The number of amides is 2. The van der Waals surface area contributed by atoms with Crippen molar-refractivity contribution in [3.05, 3.63) is 0 Å². The normalized spacial score (nSPS) is 34.8. The van der Waals surface area contributed by atoms with Crippen LogP contribution in [0.1, 0.15) is 44.9 Å². The number of hydrogen-bond acceptors (Lipinski definition) is 4. The third-order valence-electron chi connectivity index (χ3n) is 6.80. The van der Waals surface area contributed by atoms with Gasteiger partial charge in [-0.05, 0) is 56.8 Å². The molecule has 0 spiro atoms. The molecule has 3 saturated carbocycles. The highest BCUT2D eigenvalue weighted by atomic mass is 16.5. The number of carbonyl (C=O) groups is 3. The predicted octanol–water partition coefficient (Wildman–Crippen LogP) is 1.34. The van der Waals surface area contributed by atoms with Crippen molar-refractivity contribution in [3.63, 3.8) is 0 Å². The Balaban J connectivity index is 1.32. The van der Waals surface area contributed by atoms with Crippen LogP contribution < -0.4 is 5.32 Å². The topological polar surface area (TPSA) is 75.7 Å². The number of piperidine rings is 1.